The third-order valence-corrected chi connectivity index (χ3v) is 7.43. The van der Waals surface area contributed by atoms with Gasteiger partial charge in [-0.25, -0.2) is 18.7 Å². The molecule has 0 bridgehead atoms. The number of anilines is 1. The SMILES string of the molecule is Cc1cc(NC(C)C)ncc1-c1sc(C(=O)NC2CC[C@H](O)C2)nc1C(=O)N1CC(F)(F)C[C@@H]1C. The highest BCUT2D eigenvalue weighted by molar-refractivity contribution is 7.17. The van der Waals surface area contributed by atoms with Gasteiger partial charge in [-0.1, -0.05) is 0 Å². The summed E-state index contributed by atoms with van der Waals surface area (Å²) >= 11 is 1.05. The molecule has 3 heterocycles. The van der Waals surface area contributed by atoms with Gasteiger partial charge in [0.25, 0.3) is 17.7 Å². The molecule has 0 radical (unpaired) electrons. The van der Waals surface area contributed by atoms with Crippen LogP contribution in [-0.4, -0.2) is 68.5 Å². The zero-order valence-electron chi connectivity index (χ0n) is 20.3. The van der Waals surface area contributed by atoms with Crippen LogP contribution in [0, 0.1) is 6.92 Å². The summed E-state index contributed by atoms with van der Waals surface area (Å²) in [6.07, 6.45) is 2.48. The molecule has 2 aromatic rings. The molecular weight excluding hydrogens is 476 g/mol. The molecule has 1 saturated carbocycles. The lowest BCUT2D eigenvalue weighted by atomic mass is 10.1. The molecule has 2 aromatic heterocycles. The highest BCUT2D eigenvalue weighted by Gasteiger charge is 2.46. The first-order valence-corrected chi connectivity index (χ1v) is 12.7. The number of rotatable bonds is 6. The minimum absolute atomic E-state index is 0.0226. The topological polar surface area (TPSA) is 107 Å². The highest BCUT2D eigenvalue weighted by Crippen LogP contribution is 2.37. The van der Waals surface area contributed by atoms with Gasteiger partial charge in [0.15, 0.2) is 5.01 Å². The van der Waals surface area contributed by atoms with E-state index in [2.05, 4.69) is 20.6 Å². The lowest BCUT2D eigenvalue weighted by Crippen LogP contribution is -2.36. The number of halogens is 2. The molecule has 3 atom stereocenters. The Kier molecular flexibility index (Phi) is 7.10. The number of pyridine rings is 1. The van der Waals surface area contributed by atoms with E-state index in [4.69, 9.17) is 0 Å². The molecule has 1 aliphatic heterocycles. The van der Waals surface area contributed by atoms with Crippen LogP contribution >= 0.6 is 11.3 Å². The van der Waals surface area contributed by atoms with Gasteiger partial charge in [0.05, 0.1) is 17.5 Å². The first-order chi connectivity index (χ1) is 16.4. The molecule has 11 heteroatoms. The number of hydrogen-bond acceptors (Lipinski definition) is 7. The number of thiazole rings is 1. The number of carbonyl (C=O) groups is 2. The van der Waals surface area contributed by atoms with Crippen LogP contribution in [0.5, 0.6) is 0 Å². The molecule has 4 rings (SSSR count). The van der Waals surface area contributed by atoms with E-state index in [0.717, 1.165) is 21.8 Å². The fourth-order valence-electron chi connectivity index (χ4n) is 4.67. The number of hydrogen-bond donors (Lipinski definition) is 3. The number of nitrogens with zero attached hydrogens (tertiary/aromatic N) is 3. The third kappa shape index (κ3) is 5.61. The molecule has 2 aliphatic rings. The molecule has 0 spiro atoms. The van der Waals surface area contributed by atoms with E-state index in [1.807, 2.05) is 26.8 Å². The van der Waals surface area contributed by atoms with Gasteiger partial charge >= 0.3 is 0 Å². The van der Waals surface area contributed by atoms with Crippen molar-refractivity contribution in [2.45, 2.75) is 83.5 Å². The first-order valence-electron chi connectivity index (χ1n) is 11.9. The van der Waals surface area contributed by atoms with Gasteiger partial charge in [0.1, 0.15) is 11.5 Å². The van der Waals surface area contributed by atoms with E-state index in [1.54, 1.807) is 13.1 Å². The van der Waals surface area contributed by atoms with Crippen molar-refractivity contribution in [2.24, 2.45) is 0 Å². The fraction of sp³-hybridized carbons (Fsp3) is 0.583. The van der Waals surface area contributed by atoms with Crippen molar-refractivity contribution in [3.63, 3.8) is 0 Å². The molecule has 2 amide bonds. The van der Waals surface area contributed by atoms with Crippen LogP contribution in [0.3, 0.4) is 0 Å². The van der Waals surface area contributed by atoms with Crippen molar-refractivity contribution < 1.29 is 23.5 Å². The summed E-state index contributed by atoms with van der Waals surface area (Å²) in [5, 5.41) is 15.9. The number of amides is 2. The largest absolute Gasteiger partial charge is 0.393 e. The third-order valence-electron chi connectivity index (χ3n) is 6.34. The van der Waals surface area contributed by atoms with Crippen molar-refractivity contribution >= 4 is 29.0 Å². The van der Waals surface area contributed by atoms with Crippen molar-refractivity contribution in [1.82, 2.24) is 20.2 Å². The van der Waals surface area contributed by atoms with Crippen LogP contribution in [0.1, 0.15) is 72.3 Å². The van der Waals surface area contributed by atoms with Crippen molar-refractivity contribution in [1.29, 1.82) is 0 Å². The van der Waals surface area contributed by atoms with Crippen molar-refractivity contribution in [3.8, 4) is 10.4 Å². The Balaban J connectivity index is 1.70. The maximum atomic E-state index is 14.0. The number of carbonyl (C=O) groups excluding carboxylic acids is 2. The van der Waals surface area contributed by atoms with Crippen LogP contribution in [0.2, 0.25) is 0 Å². The zero-order valence-corrected chi connectivity index (χ0v) is 21.1. The van der Waals surface area contributed by atoms with Crippen LogP contribution in [0.4, 0.5) is 14.6 Å². The number of aliphatic hydroxyl groups excluding tert-OH is 1. The van der Waals surface area contributed by atoms with Crippen molar-refractivity contribution in [2.75, 3.05) is 11.9 Å². The van der Waals surface area contributed by atoms with E-state index >= 15 is 0 Å². The standard InChI is InChI=1S/C24H31F2N5O3S/c1-12(2)28-18-7-13(3)17(10-27-18)20-19(23(34)31-11-24(25,26)9-14(31)4)30-22(35-20)21(33)29-15-5-6-16(32)8-15/h7,10,12,14-16,32H,5-6,8-9,11H2,1-4H3,(H,27,28)(H,29,33)/t14-,15?,16-/m0/s1. The molecular formula is C24H31F2N5O3S. The number of aliphatic hydroxyl groups is 1. The Morgan fingerprint density at radius 3 is 2.63 bits per heavy atom. The number of alkyl halides is 2. The fourth-order valence-corrected chi connectivity index (χ4v) is 5.70. The second-order valence-electron chi connectivity index (χ2n) is 9.86. The number of aryl methyl sites for hydroxylation is 1. The molecule has 2 fully saturated rings. The van der Waals surface area contributed by atoms with Crippen LogP contribution in [0.15, 0.2) is 12.3 Å². The molecule has 8 nitrogen and oxygen atoms in total. The quantitative estimate of drug-likeness (QED) is 0.548. The molecule has 190 valence electrons. The Bertz CT molecular complexity index is 1120. The molecule has 1 saturated heterocycles. The smallest absolute Gasteiger partial charge is 0.280 e. The van der Waals surface area contributed by atoms with Gasteiger partial charge in [-0.2, -0.15) is 0 Å². The average Bonchev–Trinajstić information content (AvgIpc) is 3.44. The normalized spacial score (nSPS) is 23.7. The predicted molar refractivity (Wildman–Crippen MR) is 130 cm³/mol. The van der Waals surface area contributed by atoms with E-state index in [-0.39, 0.29) is 22.8 Å². The summed E-state index contributed by atoms with van der Waals surface area (Å²) in [4.78, 5) is 36.7. The summed E-state index contributed by atoms with van der Waals surface area (Å²) in [5.74, 6) is -3.36. The summed E-state index contributed by atoms with van der Waals surface area (Å²) in [7, 11) is 0. The predicted octanol–water partition coefficient (Wildman–Crippen LogP) is 3.85. The number of nitrogens with one attached hydrogen (secondary N) is 2. The minimum atomic E-state index is -2.96. The Labute approximate surface area is 207 Å². The molecule has 35 heavy (non-hydrogen) atoms. The average molecular weight is 508 g/mol. The molecule has 1 unspecified atom stereocenters. The van der Waals surface area contributed by atoms with E-state index in [9.17, 15) is 23.5 Å². The zero-order chi connectivity index (χ0) is 25.5. The maximum Gasteiger partial charge on any atom is 0.280 e. The van der Waals surface area contributed by atoms with Crippen LogP contribution in [-0.2, 0) is 0 Å². The number of aromatic nitrogens is 2. The lowest BCUT2D eigenvalue weighted by Gasteiger charge is -2.20. The van der Waals surface area contributed by atoms with Gasteiger partial charge in [-0.3, -0.25) is 9.59 Å². The molecule has 0 aromatic carbocycles. The van der Waals surface area contributed by atoms with Crippen molar-refractivity contribution in [3.05, 3.63) is 28.5 Å². The van der Waals surface area contributed by atoms with Crippen LogP contribution < -0.4 is 10.6 Å². The summed E-state index contributed by atoms with van der Waals surface area (Å²) in [6, 6.07) is 1.19. The number of likely N-dealkylation sites (tertiary alicyclic amines) is 1. The van der Waals surface area contributed by atoms with E-state index in [1.165, 1.54) is 0 Å². The van der Waals surface area contributed by atoms with E-state index in [0.29, 0.717) is 35.5 Å². The second-order valence-corrected chi connectivity index (χ2v) is 10.9. The Morgan fingerprint density at radius 1 is 1.31 bits per heavy atom. The lowest BCUT2D eigenvalue weighted by molar-refractivity contribution is 0.0118. The minimum Gasteiger partial charge on any atom is -0.393 e. The maximum absolute atomic E-state index is 14.0. The van der Waals surface area contributed by atoms with E-state index < -0.39 is 42.8 Å². The van der Waals surface area contributed by atoms with Crippen LogP contribution in [0.25, 0.3) is 10.4 Å². The van der Waals surface area contributed by atoms with Gasteiger partial charge in [0.2, 0.25) is 0 Å². The summed E-state index contributed by atoms with van der Waals surface area (Å²) in [6.45, 7) is 6.75. The van der Waals surface area contributed by atoms with Gasteiger partial charge in [0, 0.05) is 36.3 Å². The summed E-state index contributed by atoms with van der Waals surface area (Å²) in [5.41, 5.74) is 1.41. The molecule has 1 aliphatic carbocycles. The Hall–Kier alpha value is -2.66. The first kappa shape index (κ1) is 25.4. The van der Waals surface area contributed by atoms with Gasteiger partial charge < -0.3 is 20.6 Å². The highest BCUT2D eigenvalue weighted by atomic mass is 32.1. The van der Waals surface area contributed by atoms with Gasteiger partial charge in [-0.05, 0) is 58.6 Å². The Morgan fingerprint density at radius 2 is 2.06 bits per heavy atom. The summed E-state index contributed by atoms with van der Waals surface area (Å²) < 4.78 is 28.1. The van der Waals surface area contributed by atoms with Gasteiger partial charge in [-0.15, -0.1) is 11.3 Å². The second kappa shape index (κ2) is 9.77. The monoisotopic (exact) mass is 507 g/mol. The molecule has 3 N–H and O–H groups in total.